The van der Waals surface area contributed by atoms with Gasteiger partial charge in [-0.1, -0.05) is 38.3 Å². The maximum atomic E-state index is 11.7. The summed E-state index contributed by atoms with van der Waals surface area (Å²) in [5, 5.41) is 3.18. The molecule has 4 nitrogen and oxygen atoms in total. The zero-order chi connectivity index (χ0) is 15.0. The summed E-state index contributed by atoms with van der Waals surface area (Å²) < 4.78 is 5.34. The van der Waals surface area contributed by atoms with Crippen molar-refractivity contribution in [3.63, 3.8) is 0 Å². The first-order valence-electron chi connectivity index (χ1n) is 7.01. The van der Waals surface area contributed by atoms with Gasteiger partial charge in [0.25, 0.3) is 5.91 Å². The van der Waals surface area contributed by atoms with Crippen LogP contribution in [-0.4, -0.2) is 23.5 Å². The van der Waals surface area contributed by atoms with Gasteiger partial charge in [0.05, 0.1) is 0 Å². The van der Waals surface area contributed by atoms with Gasteiger partial charge >= 0.3 is 0 Å². The number of halogens is 1. The molecule has 20 heavy (non-hydrogen) atoms. The summed E-state index contributed by atoms with van der Waals surface area (Å²) >= 11 is 5.84. The Bertz CT molecular complexity index is 424. The van der Waals surface area contributed by atoms with Crippen LogP contribution in [0.15, 0.2) is 18.3 Å². The molecular weight excluding hydrogens is 276 g/mol. The Balaban J connectivity index is 2.24. The molecule has 0 aliphatic carbocycles. The van der Waals surface area contributed by atoms with Crippen LogP contribution in [0, 0.1) is 5.92 Å². The number of ether oxygens (including phenoxy) is 1. The SMILES string of the molecule is CC(C)CCCC(C)NC(=O)COc1cccnc1Cl. The summed E-state index contributed by atoms with van der Waals surface area (Å²) in [4.78, 5) is 15.6. The van der Waals surface area contributed by atoms with Gasteiger partial charge in [-0.05, 0) is 31.4 Å². The predicted octanol–water partition coefficient (Wildman–Crippen LogP) is 3.44. The Hall–Kier alpha value is -1.29. The molecule has 112 valence electrons. The number of hydrogen-bond donors (Lipinski definition) is 1. The van der Waals surface area contributed by atoms with Crippen LogP contribution in [0.4, 0.5) is 0 Å². The first kappa shape index (κ1) is 16.8. The lowest BCUT2D eigenvalue weighted by atomic mass is 10.0. The second kappa shape index (κ2) is 8.80. The lowest BCUT2D eigenvalue weighted by Gasteiger charge is -2.15. The van der Waals surface area contributed by atoms with Crippen molar-refractivity contribution in [2.75, 3.05) is 6.61 Å². The standard InChI is InChI=1S/C15H23ClN2O2/c1-11(2)6-4-7-12(3)18-14(19)10-20-13-8-5-9-17-15(13)16/h5,8-9,11-12H,4,6-7,10H2,1-3H3,(H,18,19). The van der Waals surface area contributed by atoms with Crippen LogP contribution in [-0.2, 0) is 4.79 Å². The number of nitrogens with one attached hydrogen (secondary N) is 1. The van der Waals surface area contributed by atoms with Crippen molar-refractivity contribution < 1.29 is 9.53 Å². The van der Waals surface area contributed by atoms with Gasteiger partial charge in [-0.3, -0.25) is 4.79 Å². The fourth-order valence-corrected chi connectivity index (χ4v) is 2.02. The van der Waals surface area contributed by atoms with E-state index in [1.165, 1.54) is 6.42 Å². The van der Waals surface area contributed by atoms with E-state index in [0.717, 1.165) is 12.8 Å². The molecule has 1 aromatic rings. The lowest BCUT2D eigenvalue weighted by Crippen LogP contribution is -2.36. The maximum Gasteiger partial charge on any atom is 0.258 e. The van der Waals surface area contributed by atoms with Crippen molar-refractivity contribution in [1.82, 2.24) is 10.3 Å². The summed E-state index contributed by atoms with van der Waals surface area (Å²) in [6, 6.07) is 3.57. The van der Waals surface area contributed by atoms with Crippen LogP contribution in [0.2, 0.25) is 5.15 Å². The van der Waals surface area contributed by atoms with E-state index in [9.17, 15) is 4.79 Å². The monoisotopic (exact) mass is 298 g/mol. The highest BCUT2D eigenvalue weighted by Crippen LogP contribution is 2.19. The number of carbonyl (C=O) groups excluding carboxylic acids is 1. The fourth-order valence-electron chi connectivity index (χ4n) is 1.84. The molecule has 0 aliphatic heterocycles. The van der Waals surface area contributed by atoms with Crippen molar-refractivity contribution in [2.24, 2.45) is 5.92 Å². The van der Waals surface area contributed by atoms with Gasteiger partial charge in [0.15, 0.2) is 17.5 Å². The molecule has 1 rings (SSSR count). The van der Waals surface area contributed by atoms with Crippen molar-refractivity contribution in [3.05, 3.63) is 23.5 Å². The Morgan fingerprint density at radius 3 is 2.80 bits per heavy atom. The molecule has 1 aromatic heterocycles. The van der Waals surface area contributed by atoms with Gasteiger partial charge in [-0.15, -0.1) is 0 Å². The minimum absolute atomic E-state index is 0.0417. The lowest BCUT2D eigenvalue weighted by molar-refractivity contribution is -0.123. The molecule has 0 aliphatic rings. The third-order valence-corrected chi connectivity index (χ3v) is 3.19. The maximum absolute atomic E-state index is 11.7. The molecule has 0 radical (unpaired) electrons. The fraction of sp³-hybridized carbons (Fsp3) is 0.600. The topological polar surface area (TPSA) is 51.2 Å². The number of amides is 1. The number of carbonyl (C=O) groups is 1. The average molecular weight is 299 g/mol. The molecule has 0 saturated carbocycles. The van der Waals surface area contributed by atoms with Gasteiger partial charge in [0, 0.05) is 12.2 Å². The Morgan fingerprint density at radius 1 is 1.40 bits per heavy atom. The molecule has 0 bridgehead atoms. The van der Waals surface area contributed by atoms with Crippen molar-refractivity contribution in [3.8, 4) is 5.75 Å². The van der Waals surface area contributed by atoms with Crippen molar-refractivity contribution in [1.29, 1.82) is 0 Å². The van der Waals surface area contributed by atoms with E-state index in [0.29, 0.717) is 11.7 Å². The third kappa shape index (κ3) is 6.75. The molecule has 0 saturated heterocycles. The second-order valence-corrected chi connectivity index (χ2v) is 5.73. The minimum atomic E-state index is -0.137. The van der Waals surface area contributed by atoms with Gasteiger partial charge in [-0.25, -0.2) is 4.98 Å². The van der Waals surface area contributed by atoms with Gasteiger partial charge in [0.1, 0.15) is 0 Å². The van der Waals surface area contributed by atoms with E-state index in [4.69, 9.17) is 16.3 Å². The van der Waals surface area contributed by atoms with Gasteiger partial charge in [0.2, 0.25) is 0 Å². The van der Waals surface area contributed by atoms with Crippen LogP contribution in [0.5, 0.6) is 5.75 Å². The first-order chi connectivity index (χ1) is 9.49. The van der Waals surface area contributed by atoms with Crippen LogP contribution in [0.1, 0.15) is 40.0 Å². The van der Waals surface area contributed by atoms with E-state index in [1.54, 1.807) is 18.3 Å². The number of aromatic nitrogens is 1. The van der Waals surface area contributed by atoms with Crippen molar-refractivity contribution in [2.45, 2.75) is 46.1 Å². The Morgan fingerprint density at radius 2 is 2.15 bits per heavy atom. The third-order valence-electron chi connectivity index (χ3n) is 2.91. The molecule has 0 fully saturated rings. The summed E-state index contributed by atoms with van der Waals surface area (Å²) in [7, 11) is 0. The summed E-state index contributed by atoms with van der Waals surface area (Å²) in [6.45, 7) is 6.37. The highest BCUT2D eigenvalue weighted by atomic mass is 35.5. The van der Waals surface area contributed by atoms with E-state index >= 15 is 0 Å². The number of nitrogens with zero attached hydrogens (tertiary/aromatic N) is 1. The number of hydrogen-bond acceptors (Lipinski definition) is 3. The van der Waals surface area contributed by atoms with Crippen LogP contribution in [0.25, 0.3) is 0 Å². The Labute approximate surface area is 125 Å². The second-order valence-electron chi connectivity index (χ2n) is 5.37. The first-order valence-corrected chi connectivity index (χ1v) is 7.39. The number of rotatable bonds is 8. The molecule has 5 heteroatoms. The molecular formula is C15H23ClN2O2. The van der Waals surface area contributed by atoms with E-state index in [-0.39, 0.29) is 23.7 Å². The molecule has 0 spiro atoms. The average Bonchev–Trinajstić information content (AvgIpc) is 2.37. The van der Waals surface area contributed by atoms with E-state index in [1.807, 2.05) is 6.92 Å². The van der Waals surface area contributed by atoms with Crippen LogP contribution >= 0.6 is 11.6 Å². The zero-order valence-electron chi connectivity index (χ0n) is 12.4. The summed E-state index contributed by atoms with van der Waals surface area (Å²) in [6.07, 6.45) is 4.86. The highest BCUT2D eigenvalue weighted by Gasteiger charge is 2.09. The molecule has 1 heterocycles. The largest absolute Gasteiger partial charge is 0.481 e. The van der Waals surface area contributed by atoms with Gasteiger partial charge < -0.3 is 10.1 Å². The molecule has 1 N–H and O–H groups in total. The van der Waals surface area contributed by atoms with Crippen LogP contribution < -0.4 is 10.1 Å². The minimum Gasteiger partial charge on any atom is -0.481 e. The molecule has 1 amide bonds. The number of pyridine rings is 1. The quantitative estimate of drug-likeness (QED) is 0.748. The van der Waals surface area contributed by atoms with Crippen molar-refractivity contribution >= 4 is 17.5 Å². The molecule has 1 atom stereocenters. The zero-order valence-corrected chi connectivity index (χ0v) is 13.1. The van der Waals surface area contributed by atoms with E-state index < -0.39 is 0 Å². The van der Waals surface area contributed by atoms with Crippen LogP contribution in [0.3, 0.4) is 0 Å². The van der Waals surface area contributed by atoms with Gasteiger partial charge in [-0.2, -0.15) is 0 Å². The normalized spacial score (nSPS) is 12.2. The van der Waals surface area contributed by atoms with E-state index in [2.05, 4.69) is 24.1 Å². The summed E-state index contributed by atoms with van der Waals surface area (Å²) in [5.41, 5.74) is 0. The molecule has 0 aromatic carbocycles. The molecule has 1 unspecified atom stereocenters. The predicted molar refractivity (Wildman–Crippen MR) is 81.0 cm³/mol. The Kier molecular flexibility index (Phi) is 7.37. The smallest absolute Gasteiger partial charge is 0.258 e. The summed E-state index contributed by atoms with van der Waals surface area (Å²) in [5.74, 6) is 0.993. The highest BCUT2D eigenvalue weighted by molar-refractivity contribution is 6.30.